The van der Waals surface area contributed by atoms with E-state index in [9.17, 15) is 10.1 Å². The van der Waals surface area contributed by atoms with Gasteiger partial charge in [0.05, 0.1) is 11.3 Å². The van der Waals surface area contributed by atoms with Crippen LogP contribution < -0.4 is 11.5 Å². The lowest BCUT2D eigenvalue weighted by atomic mass is 9.97. The maximum atomic E-state index is 12.9. The van der Waals surface area contributed by atoms with Gasteiger partial charge in [-0.05, 0) is 18.4 Å². The first-order valence-corrected chi connectivity index (χ1v) is 10.4. The van der Waals surface area contributed by atoms with Gasteiger partial charge < -0.3 is 11.5 Å². The van der Waals surface area contributed by atoms with Crippen molar-refractivity contribution in [1.82, 2.24) is 4.98 Å². The quantitative estimate of drug-likeness (QED) is 0.411. The highest BCUT2D eigenvalue weighted by Gasteiger charge is 2.23. The zero-order valence-corrected chi connectivity index (χ0v) is 16.8. The first-order chi connectivity index (χ1) is 13.6. The summed E-state index contributed by atoms with van der Waals surface area (Å²) in [5.41, 5.74) is 14.6. The summed E-state index contributed by atoms with van der Waals surface area (Å²) in [6.07, 6.45) is 6.29. The van der Waals surface area contributed by atoms with Crippen LogP contribution in [0.3, 0.4) is 0 Å². The molecule has 0 aliphatic heterocycles. The Balaban J connectivity index is 2.04. The normalized spacial score (nSPS) is 10.9. The van der Waals surface area contributed by atoms with E-state index in [0.29, 0.717) is 38.3 Å². The fraction of sp³-hybridized carbons (Fsp3) is 0.318. The molecule has 6 heteroatoms. The second-order valence-electron chi connectivity index (χ2n) is 6.85. The molecule has 0 spiro atoms. The molecule has 0 atom stereocenters. The number of pyridine rings is 1. The van der Waals surface area contributed by atoms with Crippen LogP contribution in [-0.4, -0.2) is 10.8 Å². The molecule has 0 aliphatic rings. The monoisotopic (exact) mass is 392 g/mol. The fourth-order valence-corrected chi connectivity index (χ4v) is 4.51. The molecule has 0 amide bonds. The van der Waals surface area contributed by atoms with E-state index < -0.39 is 0 Å². The number of nitrogen functional groups attached to an aromatic ring is 2. The van der Waals surface area contributed by atoms with Gasteiger partial charge in [-0.25, -0.2) is 4.98 Å². The summed E-state index contributed by atoms with van der Waals surface area (Å²) in [5, 5.41) is 10.3. The van der Waals surface area contributed by atoms with Crippen LogP contribution in [0.15, 0.2) is 30.3 Å². The molecule has 0 aliphatic carbocycles. The number of hydrogen-bond acceptors (Lipinski definition) is 6. The van der Waals surface area contributed by atoms with E-state index in [2.05, 4.69) is 18.0 Å². The number of benzene rings is 1. The molecule has 0 saturated heterocycles. The van der Waals surface area contributed by atoms with Gasteiger partial charge in [0, 0.05) is 10.9 Å². The lowest BCUT2D eigenvalue weighted by Gasteiger charge is -2.09. The predicted molar refractivity (Wildman–Crippen MR) is 115 cm³/mol. The summed E-state index contributed by atoms with van der Waals surface area (Å²) >= 11 is 1.25. The first-order valence-electron chi connectivity index (χ1n) is 9.58. The summed E-state index contributed by atoms with van der Waals surface area (Å²) in [6.45, 7) is 2.18. The zero-order chi connectivity index (χ0) is 20.1. The minimum Gasteiger partial charge on any atom is -0.397 e. The molecule has 0 radical (unpaired) electrons. The standard InChI is InChI=1S/C22H24N4OS/c1-2-3-4-5-9-12-15-16(13-23)21(25)26-22-17(15)18(24)20(28-22)19(27)14-10-7-6-8-11-14/h6-8,10-11H,2-5,9,12,24H2,1H3,(H2,25,26). The van der Waals surface area contributed by atoms with E-state index >= 15 is 0 Å². The van der Waals surface area contributed by atoms with Crippen LogP contribution in [0.2, 0.25) is 0 Å². The van der Waals surface area contributed by atoms with E-state index in [1.54, 1.807) is 12.1 Å². The summed E-state index contributed by atoms with van der Waals surface area (Å²) in [7, 11) is 0. The minimum absolute atomic E-state index is 0.132. The lowest BCUT2D eigenvalue weighted by molar-refractivity contribution is 0.104. The predicted octanol–water partition coefficient (Wildman–Crippen LogP) is 5.08. The van der Waals surface area contributed by atoms with Crippen LogP contribution in [0, 0.1) is 11.3 Å². The third-order valence-corrected chi connectivity index (χ3v) is 5.99. The third-order valence-electron chi connectivity index (χ3n) is 4.89. The van der Waals surface area contributed by atoms with E-state index in [-0.39, 0.29) is 11.6 Å². The molecule has 144 valence electrons. The molecule has 4 N–H and O–H groups in total. The molecule has 0 unspecified atom stereocenters. The highest BCUT2D eigenvalue weighted by Crippen LogP contribution is 2.39. The molecule has 0 saturated carbocycles. The molecule has 28 heavy (non-hydrogen) atoms. The van der Waals surface area contributed by atoms with Crippen LogP contribution in [0.5, 0.6) is 0 Å². The summed E-state index contributed by atoms with van der Waals surface area (Å²) < 4.78 is 0. The van der Waals surface area contributed by atoms with Gasteiger partial charge in [0.15, 0.2) is 0 Å². The maximum Gasteiger partial charge on any atom is 0.205 e. The molecule has 2 heterocycles. The third kappa shape index (κ3) is 3.85. The van der Waals surface area contributed by atoms with Gasteiger partial charge >= 0.3 is 0 Å². The molecule has 1 aromatic carbocycles. The van der Waals surface area contributed by atoms with Gasteiger partial charge in [0.2, 0.25) is 5.78 Å². The minimum atomic E-state index is -0.132. The number of nitriles is 1. The van der Waals surface area contributed by atoms with E-state index in [0.717, 1.165) is 18.4 Å². The Bertz CT molecular complexity index is 1030. The van der Waals surface area contributed by atoms with Crippen molar-refractivity contribution in [2.75, 3.05) is 11.5 Å². The highest BCUT2D eigenvalue weighted by atomic mass is 32.1. The topological polar surface area (TPSA) is 106 Å². The number of aryl methyl sites for hydroxylation is 1. The number of thiophene rings is 1. The van der Waals surface area contributed by atoms with Crippen molar-refractivity contribution in [2.24, 2.45) is 0 Å². The number of rotatable bonds is 8. The Labute approximate surface area is 169 Å². The van der Waals surface area contributed by atoms with E-state index in [1.165, 1.54) is 30.6 Å². The van der Waals surface area contributed by atoms with Crippen molar-refractivity contribution in [1.29, 1.82) is 5.26 Å². The molecule has 0 fully saturated rings. The Kier molecular flexibility index (Phi) is 6.27. The van der Waals surface area contributed by atoms with E-state index in [1.807, 2.05) is 18.2 Å². The van der Waals surface area contributed by atoms with E-state index in [4.69, 9.17) is 11.5 Å². The number of anilines is 2. The summed E-state index contributed by atoms with van der Waals surface area (Å²) in [4.78, 5) is 18.4. The Morgan fingerprint density at radius 1 is 1.14 bits per heavy atom. The smallest absolute Gasteiger partial charge is 0.205 e. The number of aromatic nitrogens is 1. The first kappa shape index (κ1) is 19.8. The van der Waals surface area contributed by atoms with Crippen LogP contribution in [0.4, 0.5) is 11.5 Å². The number of carbonyl (C=O) groups is 1. The van der Waals surface area contributed by atoms with Crippen molar-refractivity contribution in [3.63, 3.8) is 0 Å². The number of carbonyl (C=O) groups excluding carboxylic acids is 1. The number of hydrogen-bond donors (Lipinski definition) is 2. The number of fused-ring (bicyclic) bond motifs is 1. The second kappa shape index (κ2) is 8.85. The second-order valence-corrected chi connectivity index (χ2v) is 7.85. The van der Waals surface area contributed by atoms with Crippen molar-refractivity contribution < 1.29 is 4.79 Å². The van der Waals surface area contributed by atoms with Gasteiger partial charge in [-0.1, -0.05) is 62.9 Å². The Morgan fingerprint density at radius 2 is 1.86 bits per heavy atom. The Morgan fingerprint density at radius 3 is 2.54 bits per heavy atom. The molecular formula is C22H24N4OS. The molecule has 2 aromatic heterocycles. The molecular weight excluding hydrogens is 368 g/mol. The fourth-order valence-electron chi connectivity index (χ4n) is 3.42. The molecule has 3 aromatic rings. The van der Waals surface area contributed by atoms with Gasteiger partial charge in [0.25, 0.3) is 0 Å². The average molecular weight is 393 g/mol. The number of unbranched alkanes of at least 4 members (excludes halogenated alkanes) is 4. The van der Waals surface area contributed by atoms with Crippen LogP contribution in [0.25, 0.3) is 10.2 Å². The van der Waals surface area contributed by atoms with Crippen molar-refractivity contribution >= 4 is 38.8 Å². The molecule has 3 rings (SSSR count). The summed E-state index contributed by atoms with van der Waals surface area (Å²) in [5.74, 6) is 0.0746. The van der Waals surface area contributed by atoms with Gasteiger partial charge in [-0.15, -0.1) is 11.3 Å². The van der Waals surface area contributed by atoms with Crippen LogP contribution in [0.1, 0.15) is 65.4 Å². The number of nitrogens with two attached hydrogens (primary N) is 2. The zero-order valence-electron chi connectivity index (χ0n) is 16.0. The SMILES string of the molecule is CCCCCCCc1c(C#N)c(N)nc2sc(C(=O)c3ccccc3)c(N)c12. The lowest BCUT2D eigenvalue weighted by Crippen LogP contribution is -2.04. The largest absolute Gasteiger partial charge is 0.397 e. The average Bonchev–Trinajstić information content (AvgIpc) is 3.03. The number of nitrogens with zero attached hydrogens (tertiary/aromatic N) is 2. The van der Waals surface area contributed by atoms with Gasteiger partial charge in [-0.2, -0.15) is 5.26 Å². The number of ketones is 1. The van der Waals surface area contributed by atoms with Crippen LogP contribution >= 0.6 is 11.3 Å². The maximum absolute atomic E-state index is 12.9. The highest BCUT2D eigenvalue weighted by molar-refractivity contribution is 7.21. The van der Waals surface area contributed by atoms with Gasteiger partial charge in [-0.3, -0.25) is 4.79 Å². The Hall–Kier alpha value is -2.91. The molecule has 5 nitrogen and oxygen atoms in total. The molecule has 0 bridgehead atoms. The van der Waals surface area contributed by atoms with Crippen LogP contribution in [-0.2, 0) is 6.42 Å². The van der Waals surface area contributed by atoms with Crippen molar-refractivity contribution in [3.8, 4) is 6.07 Å². The van der Waals surface area contributed by atoms with Crippen molar-refractivity contribution in [2.45, 2.75) is 45.4 Å². The van der Waals surface area contributed by atoms with Crippen molar-refractivity contribution in [3.05, 3.63) is 51.9 Å². The van der Waals surface area contributed by atoms with Gasteiger partial charge in [0.1, 0.15) is 21.6 Å². The summed E-state index contributed by atoms with van der Waals surface area (Å²) in [6, 6.07) is 11.2.